The molecule has 0 bridgehead atoms. The van der Waals surface area contributed by atoms with Crippen molar-refractivity contribution in [2.24, 2.45) is 0 Å². The Hall–Kier alpha value is -0.850. The lowest BCUT2D eigenvalue weighted by atomic mass is 10.2. The van der Waals surface area contributed by atoms with Gasteiger partial charge >= 0.3 is 0 Å². The molecule has 0 fully saturated rings. The van der Waals surface area contributed by atoms with Gasteiger partial charge in [-0.05, 0) is 38.2 Å². The molecule has 0 heterocycles. The number of rotatable bonds is 6. The summed E-state index contributed by atoms with van der Waals surface area (Å²) in [7, 11) is 1.81. The minimum atomic E-state index is -2.44. The van der Waals surface area contributed by atoms with Crippen molar-refractivity contribution in [3.63, 3.8) is 0 Å². The minimum Gasteiger partial charge on any atom is -0.350 e. The SMILES string of the molecule is CNC(C)CNC(=O)c1ccc(SC(F)F)cc1.Cl. The molecule has 0 aliphatic carbocycles. The van der Waals surface area contributed by atoms with Crippen LogP contribution in [0.3, 0.4) is 0 Å². The largest absolute Gasteiger partial charge is 0.350 e. The van der Waals surface area contributed by atoms with E-state index in [0.29, 0.717) is 28.8 Å². The lowest BCUT2D eigenvalue weighted by Crippen LogP contribution is -2.37. The Balaban J connectivity index is 0.00000324. The molecule has 2 N–H and O–H groups in total. The number of alkyl halides is 2. The van der Waals surface area contributed by atoms with Gasteiger partial charge in [-0.2, -0.15) is 8.78 Å². The highest BCUT2D eigenvalue weighted by atomic mass is 35.5. The van der Waals surface area contributed by atoms with E-state index in [0.717, 1.165) is 0 Å². The van der Waals surface area contributed by atoms with Gasteiger partial charge in [0, 0.05) is 23.0 Å². The number of thioether (sulfide) groups is 1. The maximum atomic E-state index is 12.1. The molecule has 3 nitrogen and oxygen atoms in total. The lowest BCUT2D eigenvalue weighted by Gasteiger charge is -2.11. The van der Waals surface area contributed by atoms with E-state index in [-0.39, 0.29) is 24.4 Å². The van der Waals surface area contributed by atoms with Crippen LogP contribution in [-0.2, 0) is 0 Å². The van der Waals surface area contributed by atoms with Gasteiger partial charge in [0.1, 0.15) is 0 Å². The minimum absolute atomic E-state index is 0. The predicted molar refractivity (Wildman–Crippen MR) is 76.4 cm³/mol. The molecule has 0 radical (unpaired) electrons. The van der Waals surface area contributed by atoms with Crippen LogP contribution in [0, 0.1) is 0 Å². The summed E-state index contributed by atoms with van der Waals surface area (Å²) in [5, 5.41) is 5.75. The zero-order chi connectivity index (χ0) is 13.5. The summed E-state index contributed by atoms with van der Waals surface area (Å²) < 4.78 is 24.2. The Kier molecular flexibility index (Phi) is 8.71. The molecule has 7 heteroatoms. The summed E-state index contributed by atoms with van der Waals surface area (Å²) in [6.07, 6.45) is 0. The number of amides is 1. The van der Waals surface area contributed by atoms with Crippen LogP contribution in [0.15, 0.2) is 29.2 Å². The fourth-order valence-corrected chi connectivity index (χ4v) is 1.74. The Morgan fingerprint density at radius 1 is 1.32 bits per heavy atom. The van der Waals surface area contributed by atoms with E-state index < -0.39 is 5.76 Å². The van der Waals surface area contributed by atoms with Gasteiger partial charge in [0.25, 0.3) is 11.7 Å². The molecule has 0 saturated carbocycles. The molecule has 0 spiro atoms. The summed E-state index contributed by atoms with van der Waals surface area (Å²) in [5.74, 6) is -2.65. The fourth-order valence-electron chi connectivity index (χ4n) is 1.24. The number of nitrogens with one attached hydrogen (secondary N) is 2. The highest BCUT2D eigenvalue weighted by Gasteiger charge is 2.08. The third kappa shape index (κ3) is 6.75. The van der Waals surface area contributed by atoms with Gasteiger partial charge in [0.2, 0.25) is 0 Å². The van der Waals surface area contributed by atoms with Crippen molar-refractivity contribution in [3.8, 4) is 0 Å². The molecule has 1 atom stereocenters. The van der Waals surface area contributed by atoms with Crippen molar-refractivity contribution in [2.75, 3.05) is 13.6 Å². The van der Waals surface area contributed by atoms with Crippen LogP contribution in [0.1, 0.15) is 17.3 Å². The summed E-state index contributed by atoms with van der Waals surface area (Å²) in [4.78, 5) is 12.2. The number of benzene rings is 1. The van der Waals surface area contributed by atoms with E-state index in [9.17, 15) is 13.6 Å². The molecule has 1 aromatic carbocycles. The molecule has 108 valence electrons. The molecule has 0 aliphatic rings. The van der Waals surface area contributed by atoms with Gasteiger partial charge in [-0.25, -0.2) is 0 Å². The number of carbonyl (C=O) groups is 1. The lowest BCUT2D eigenvalue weighted by molar-refractivity contribution is 0.0950. The first-order valence-corrected chi connectivity index (χ1v) is 6.41. The van der Waals surface area contributed by atoms with Crippen molar-refractivity contribution in [1.82, 2.24) is 10.6 Å². The van der Waals surface area contributed by atoms with Crippen molar-refractivity contribution < 1.29 is 13.6 Å². The second-order valence-electron chi connectivity index (χ2n) is 3.80. The molecular formula is C12H17ClF2N2OS. The van der Waals surface area contributed by atoms with Crippen molar-refractivity contribution in [3.05, 3.63) is 29.8 Å². The van der Waals surface area contributed by atoms with E-state index in [1.54, 1.807) is 12.1 Å². The van der Waals surface area contributed by atoms with Crippen LogP contribution in [-0.4, -0.2) is 31.3 Å². The zero-order valence-corrected chi connectivity index (χ0v) is 12.3. The quantitative estimate of drug-likeness (QED) is 0.794. The highest BCUT2D eigenvalue weighted by Crippen LogP contribution is 2.24. The normalized spacial score (nSPS) is 11.8. The topological polar surface area (TPSA) is 41.1 Å². The van der Waals surface area contributed by atoms with Crippen LogP contribution in [0.2, 0.25) is 0 Å². The molecule has 0 aromatic heterocycles. The van der Waals surface area contributed by atoms with Gasteiger partial charge in [0.15, 0.2) is 0 Å². The summed E-state index contributed by atoms with van der Waals surface area (Å²) in [6.45, 7) is 2.46. The molecule has 19 heavy (non-hydrogen) atoms. The molecule has 1 unspecified atom stereocenters. The van der Waals surface area contributed by atoms with Crippen LogP contribution in [0.25, 0.3) is 0 Å². The summed E-state index contributed by atoms with van der Waals surface area (Å²) in [5.41, 5.74) is 0.469. The van der Waals surface area contributed by atoms with Gasteiger partial charge in [-0.1, -0.05) is 11.8 Å². The number of halogens is 3. The second kappa shape index (κ2) is 9.12. The van der Waals surface area contributed by atoms with Gasteiger partial charge in [-0.15, -0.1) is 12.4 Å². The number of carbonyl (C=O) groups excluding carboxylic acids is 1. The van der Waals surface area contributed by atoms with Crippen molar-refractivity contribution in [1.29, 1.82) is 0 Å². The fraction of sp³-hybridized carbons (Fsp3) is 0.417. The molecular weight excluding hydrogens is 294 g/mol. The van der Waals surface area contributed by atoms with Crippen LogP contribution in [0.5, 0.6) is 0 Å². The van der Waals surface area contributed by atoms with E-state index in [2.05, 4.69) is 10.6 Å². The van der Waals surface area contributed by atoms with E-state index in [1.165, 1.54) is 12.1 Å². The predicted octanol–water partition coefficient (Wildman–Crippen LogP) is 2.76. The smallest absolute Gasteiger partial charge is 0.288 e. The third-order valence-electron chi connectivity index (χ3n) is 2.40. The van der Waals surface area contributed by atoms with Crippen molar-refractivity contribution >= 4 is 30.1 Å². The van der Waals surface area contributed by atoms with Gasteiger partial charge < -0.3 is 10.6 Å². The first-order valence-electron chi connectivity index (χ1n) is 5.53. The first-order chi connectivity index (χ1) is 8.52. The maximum absolute atomic E-state index is 12.1. The average Bonchev–Trinajstić information content (AvgIpc) is 2.35. The van der Waals surface area contributed by atoms with Crippen LogP contribution < -0.4 is 10.6 Å². The molecule has 1 amide bonds. The first kappa shape index (κ1) is 18.1. The van der Waals surface area contributed by atoms with E-state index in [1.807, 2.05) is 14.0 Å². The number of hydrogen-bond acceptors (Lipinski definition) is 3. The van der Waals surface area contributed by atoms with Gasteiger partial charge in [0.05, 0.1) is 0 Å². The Morgan fingerprint density at radius 2 is 1.89 bits per heavy atom. The highest BCUT2D eigenvalue weighted by molar-refractivity contribution is 7.99. The third-order valence-corrected chi connectivity index (χ3v) is 3.13. The number of likely N-dealkylation sites (N-methyl/N-ethyl adjacent to an activating group) is 1. The van der Waals surface area contributed by atoms with E-state index in [4.69, 9.17) is 0 Å². The molecule has 0 aliphatic heterocycles. The molecule has 1 rings (SSSR count). The maximum Gasteiger partial charge on any atom is 0.288 e. The standard InChI is InChI=1S/C12H16F2N2OS.ClH/c1-8(15-2)7-16-11(17)9-3-5-10(6-4-9)18-12(13)14;/h3-6,8,12,15H,7H2,1-2H3,(H,16,17);1H. The summed E-state index contributed by atoms with van der Waals surface area (Å²) >= 11 is 0.466. The van der Waals surface area contributed by atoms with Crippen LogP contribution >= 0.6 is 24.2 Å². The van der Waals surface area contributed by atoms with E-state index >= 15 is 0 Å². The van der Waals surface area contributed by atoms with Crippen molar-refractivity contribution in [2.45, 2.75) is 23.6 Å². The Labute approximate surface area is 121 Å². The van der Waals surface area contributed by atoms with Crippen LogP contribution in [0.4, 0.5) is 8.78 Å². The van der Waals surface area contributed by atoms with Gasteiger partial charge in [-0.3, -0.25) is 4.79 Å². The zero-order valence-electron chi connectivity index (χ0n) is 10.7. The second-order valence-corrected chi connectivity index (χ2v) is 4.87. The average molecular weight is 311 g/mol. The molecule has 0 saturated heterocycles. The summed E-state index contributed by atoms with van der Waals surface area (Å²) in [6, 6.07) is 6.32. The Bertz CT molecular complexity index is 390. The molecule has 1 aromatic rings. The number of hydrogen-bond donors (Lipinski definition) is 2. The Morgan fingerprint density at radius 3 is 2.37 bits per heavy atom. The monoisotopic (exact) mass is 310 g/mol.